The quantitative estimate of drug-likeness (QED) is 0.821. The summed E-state index contributed by atoms with van der Waals surface area (Å²) in [6, 6.07) is 13.6. The lowest BCUT2D eigenvalue weighted by Crippen LogP contribution is -2.41. The molecule has 0 aliphatic heterocycles. The maximum atomic E-state index is 12.0. The van der Waals surface area contributed by atoms with E-state index >= 15 is 0 Å². The van der Waals surface area contributed by atoms with E-state index in [2.05, 4.69) is 26.8 Å². The molecule has 2 aromatic rings. The van der Waals surface area contributed by atoms with Crippen molar-refractivity contribution >= 4 is 27.7 Å². The minimum absolute atomic E-state index is 0.387. The average molecular weight is 363 g/mol. The van der Waals surface area contributed by atoms with Crippen LogP contribution in [0.4, 0.5) is 0 Å². The van der Waals surface area contributed by atoms with Crippen LogP contribution in [0.2, 0.25) is 0 Å². The van der Waals surface area contributed by atoms with Crippen molar-refractivity contribution in [2.24, 2.45) is 0 Å². The number of carbonyl (C=O) groups excluding carboxylic acids is 2. The van der Waals surface area contributed by atoms with Crippen LogP contribution in [-0.4, -0.2) is 18.4 Å². The fraction of sp³-hybridized carbons (Fsp3) is 0.125. The highest BCUT2D eigenvalue weighted by Crippen LogP contribution is 2.13. The molecule has 0 atom stereocenters. The lowest BCUT2D eigenvalue weighted by atomic mass is 10.2. The van der Waals surface area contributed by atoms with Crippen LogP contribution in [0.15, 0.2) is 53.0 Å². The van der Waals surface area contributed by atoms with Crippen molar-refractivity contribution < 1.29 is 14.3 Å². The normalized spacial score (nSPS) is 9.91. The number of halogens is 1. The van der Waals surface area contributed by atoms with Gasteiger partial charge in [-0.15, -0.1) is 0 Å². The van der Waals surface area contributed by atoms with Crippen molar-refractivity contribution in [3.8, 4) is 5.75 Å². The number of hydrogen-bond acceptors (Lipinski definition) is 3. The van der Waals surface area contributed by atoms with Crippen LogP contribution >= 0.6 is 15.9 Å². The molecule has 0 saturated carbocycles. The van der Waals surface area contributed by atoms with Gasteiger partial charge >= 0.3 is 0 Å². The summed E-state index contributed by atoms with van der Waals surface area (Å²) in [7, 11) is 0. The molecule has 0 aliphatic carbocycles. The Morgan fingerprint density at radius 2 is 1.64 bits per heavy atom. The van der Waals surface area contributed by atoms with Gasteiger partial charge in [0.25, 0.3) is 11.8 Å². The molecule has 0 bridgehead atoms. The van der Waals surface area contributed by atoms with Crippen molar-refractivity contribution in [3.05, 3.63) is 64.1 Å². The zero-order valence-electron chi connectivity index (χ0n) is 11.9. The molecule has 22 heavy (non-hydrogen) atoms. The Labute approximate surface area is 136 Å². The largest absolute Gasteiger partial charge is 0.494 e. The predicted molar refractivity (Wildman–Crippen MR) is 86.7 cm³/mol. The first-order valence-corrected chi connectivity index (χ1v) is 7.48. The maximum absolute atomic E-state index is 12.0. The lowest BCUT2D eigenvalue weighted by molar-refractivity contribution is 0.0846. The first-order chi connectivity index (χ1) is 10.6. The fourth-order valence-corrected chi connectivity index (χ4v) is 2.02. The van der Waals surface area contributed by atoms with Crippen molar-refractivity contribution in [1.29, 1.82) is 0 Å². The van der Waals surface area contributed by atoms with Gasteiger partial charge in [-0.3, -0.25) is 20.4 Å². The Morgan fingerprint density at radius 1 is 1.00 bits per heavy atom. The van der Waals surface area contributed by atoms with Gasteiger partial charge in [0.15, 0.2) is 0 Å². The standard InChI is InChI=1S/C16H15BrN2O3/c1-2-22-14-5-3-4-12(10-14)16(21)19-18-15(20)11-6-8-13(17)9-7-11/h3-10H,2H2,1H3,(H,18,20)(H,19,21). The second-order valence-corrected chi connectivity index (χ2v) is 5.29. The minimum Gasteiger partial charge on any atom is -0.494 e. The number of benzene rings is 2. The molecule has 6 heteroatoms. The van der Waals surface area contributed by atoms with Gasteiger partial charge in [-0.05, 0) is 49.4 Å². The van der Waals surface area contributed by atoms with Crippen molar-refractivity contribution in [3.63, 3.8) is 0 Å². The summed E-state index contributed by atoms with van der Waals surface area (Å²) in [4.78, 5) is 23.9. The molecule has 0 heterocycles. The van der Waals surface area contributed by atoms with E-state index < -0.39 is 5.91 Å². The van der Waals surface area contributed by atoms with Crippen LogP contribution in [-0.2, 0) is 0 Å². The summed E-state index contributed by atoms with van der Waals surface area (Å²) in [5.74, 6) is -0.191. The number of carbonyl (C=O) groups is 2. The maximum Gasteiger partial charge on any atom is 0.269 e. The molecule has 2 rings (SSSR count). The number of ether oxygens (including phenoxy) is 1. The molecule has 0 unspecified atom stereocenters. The Balaban J connectivity index is 1.96. The van der Waals surface area contributed by atoms with Crippen LogP contribution in [0.5, 0.6) is 5.75 Å². The summed E-state index contributed by atoms with van der Waals surface area (Å²) in [5, 5.41) is 0. The molecule has 0 saturated heterocycles. The summed E-state index contributed by atoms with van der Waals surface area (Å²) >= 11 is 3.29. The highest BCUT2D eigenvalue weighted by molar-refractivity contribution is 9.10. The highest BCUT2D eigenvalue weighted by atomic mass is 79.9. The average Bonchev–Trinajstić information content (AvgIpc) is 2.53. The molecule has 2 N–H and O–H groups in total. The Bertz CT molecular complexity index is 671. The lowest BCUT2D eigenvalue weighted by Gasteiger charge is -2.09. The van der Waals surface area contributed by atoms with E-state index in [1.54, 1.807) is 48.5 Å². The van der Waals surface area contributed by atoms with Crippen LogP contribution in [0.1, 0.15) is 27.6 Å². The number of nitrogens with one attached hydrogen (secondary N) is 2. The number of hydrogen-bond donors (Lipinski definition) is 2. The first-order valence-electron chi connectivity index (χ1n) is 6.69. The molecule has 114 valence electrons. The van der Waals surface area contributed by atoms with Crippen LogP contribution in [0.25, 0.3) is 0 Å². The molecular formula is C16H15BrN2O3. The third-order valence-electron chi connectivity index (χ3n) is 2.80. The van der Waals surface area contributed by atoms with Crippen LogP contribution < -0.4 is 15.6 Å². The molecular weight excluding hydrogens is 348 g/mol. The zero-order chi connectivity index (χ0) is 15.9. The van der Waals surface area contributed by atoms with Gasteiger partial charge in [0, 0.05) is 15.6 Å². The molecule has 0 aromatic heterocycles. The Morgan fingerprint density at radius 3 is 2.27 bits per heavy atom. The van der Waals surface area contributed by atoms with Gasteiger partial charge in [-0.25, -0.2) is 0 Å². The van der Waals surface area contributed by atoms with E-state index in [1.165, 1.54) is 0 Å². The molecule has 0 spiro atoms. The molecule has 0 fully saturated rings. The first kappa shape index (κ1) is 16.0. The molecule has 2 aromatic carbocycles. The summed E-state index contributed by atoms with van der Waals surface area (Å²) in [6.07, 6.45) is 0. The SMILES string of the molecule is CCOc1cccc(C(=O)NNC(=O)c2ccc(Br)cc2)c1. The van der Waals surface area contributed by atoms with Gasteiger partial charge in [0.05, 0.1) is 6.61 Å². The smallest absolute Gasteiger partial charge is 0.269 e. The van der Waals surface area contributed by atoms with Gasteiger partial charge < -0.3 is 4.74 Å². The number of hydrazine groups is 1. The van der Waals surface area contributed by atoms with Crippen molar-refractivity contribution in [1.82, 2.24) is 10.9 Å². The Kier molecular flexibility index (Phi) is 5.55. The topological polar surface area (TPSA) is 67.4 Å². The number of amides is 2. The summed E-state index contributed by atoms with van der Waals surface area (Å²) < 4.78 is 6.21. The van der Waals surface area contributed by atoms with E-state index in [9.17, 15) is 9.59 Å². The highest BCUT2D eigenvalue weighted by Gasteiger charge is 2.09. The van der Waals surface area contributed by atoms with E-state index in [0.717, 1.165) is 4.47 Å². The third kappa shape index (κ3) is 4.33. The van der Waals surface area contributed by atoms with Gasteiger partial charge in [-0.2, -0.15) is 0 Å². The predicted octanol–water partition coefficient (Wildman–Crippen LogP) is 2.92. The van der Waals surface area contributed by atoms with Crippen LogP contribution in [0.3, 0.4) is 0 Å². The van der Waals surface area contributed by atoms with E-state index in [-0.39, 0.29) is 5.91 Å². The van der Waals surface area contributed by atoms with Crippen molar-refractivity contribution in [2.45, 2.75) is 6.92 Å². The summed E-state index contributed by atoms with van der Waals surface area (Å²) in [5.41, 5.74) is 5.60. The van der Waals surface area contributed by atoms with E-state index in [1.807, 2.05) is 6.92 Å². The monoisotopic (exact) mass is 362 g/mol. The molecule has 2 amide bonds. The van der Waals surface area contributed by atoms with Crippen molar-refractivity contribution in [2.75, 3.05) is 6.61 Å². The fourth-order valence-electron chi connectivity index (χ4n) is 1.75. The van der Waals surface area contributed by atoms with E-state index in [4.69, 9.17) is 4.74 Å². The Hall–Kier alpha value is -2.34. The molecule has 0 radical (unpaired) electrons. The molecule has 5 nitrogen and oxygen atoms in total. The summed E-state index contributed by atoms with van der Waals surface area (Å²) in [6.45, 7) is 2.39. The van der Waals surface area contributed by atoms with Gasteiger partial charge in [-0.1, -0.05) is 22.0 Å². The second kappa shape index (κ2) is 7.61. The number of rotatable bonds is 4. The molecule has 0 aliphatic rings. The van der Waals surface area contributed by atoms with Gasteiger partial charge in [0.1, 0.15) is 5.75 Å². The minimum atomic E-state index is -0.410. The zero-order valence-corrected chi connectivity index (χ0v) is 13.5. The van der Waals surface area contributed by atoms with Gasteiger partial charge in [0.2, 0.25) is 0 Å². The second-order valence-electron chi connectivity index (χ2n) is 4.38. The van der Waals surface area contributed by atoms with Crippen LogP contribution in [0, 0.1) is 0 Å². The third-order valence-corrected chi connectivity index (χ3v) is 3.33. The van der Waals surface area contributed by atoms with E-state index in [0.29, 0.717) is 23.5 Å².